The summed E-state index contributed by atoms with van der Waals surface area (Å²) < 4.78 is 6.45. The largest absolute Gasteiger partial charge is 0.481 e. The van der Waals surface area contributed by atoms with Gasteiger partial charge in [0.05, 0.1) is 23.7 Å². The molecular formula is C36H66O5. The molecule has 0 fully saturated rings. The average molecular weight is 579 g/mol. The maximum atomic E-state index is 11.0. The van der Waals surface area contributed by atoms with Crippen molar-refractivity contribution in [3.8, 4) is 0 Å². The lowest BCUT2D eigenvalue weighted by atomic mass is 9.76. The van der Waals surface area contributed by atoms with Crippen molar-refractivity contribution < 1.29 is 24.9 Å². The average Bonchev–Trinajstić information content (AvgIpc) is 2.90. The van der Waals surface area contributed by atoms with Gasteiger partial charge in [-0.25, -0.2) is 0 Å². The zero-order valence-electron chi connectivity index (χ0n) is 27.8. The van der Waals surface area contributed by atoms with Crippen LogP contribution in [0.25, 0.3) is 0 Å². The minimum absolute atomic E-state index is 0.138. The fourth-order valence-electron chi connectivity index (χ4n) is 6.02. The van der Waals surface area contributed by atoms with Crippen LogP contribution in [0.1, 0.15) is 151 Å². The number of carboxylic acids is 1. The van der Waals surface area contributed by atoms with Gasteiger partial charge in [-0.3, -0.25) is 4.79 Å². The summed E-state index contributed by atoms with van der Waals surface area (Å²) in [5.41, 5.74) is 1.95. The summed E-state index contributed by atoms with van der Waals surface area (Å²) in [4.78, 5) is 11.0. The van der Waals surface area contributed by atoms with Gasteiger partial charge in [-0.2, -0.15) is 0 Å². The quantitative estimate of drug-likeness (QED) is 0.0831. The lowest BCUT2D eigenvalue weighted by Gasteiger charge is -2.38. The second-order valence-corrected chi connectivity index (χ2v) is 13.8. The van der Waals surface area contributed by atoms with Gasteiger partial charge < -0.3 is 20.1 Å². The first-order chi connectivity index (χ1) is 19.4. The maximum absolute atomic E-state index is 11.0. The molecule has 0 amide bonds. The molecule has 0 aromatic heterocycles. The van der Waals surface area contributed by atoms with Gasteiger partial charge in [-0.05, 0) is 101 Å². The van der Waals surface area contributed by atoms with E-state index < -0.39 is 11.6 Å². The third-order valence-corrected chi connectivity index (χ3v) is 9.53. The highest BCUT2D eigenvalue weighted by Gasteiger charge is 2.34. The number of carboxylic acid groups (broad SMARTS) is 1. The summed E-state index contributed by atoms with van der Waals surface area (Å²) in [5, 5.41) is 30.3. The van der Waals surface area contributed by atoms with Crippen LogP contribution in [0, 0.1) is 23.7 Å². The Labute approximate surface area is 253 Å². The summed E-state index contributed by atoms with van der Waals surface area (Å²) in [7, 11) is 0. The highest BCUT2D eigenvalue weighted by Crippen LogP contribution is 2.35. The number of hydrogen-bond acceptors (Lipinski definition) is 4. The number of unbranched alkanes of at least 4 members (excludes halogenated alkanes) is 5. The Balaban J connectivity index is 2.38. The highest BCUT2D eigenvalue weighted by atomic mass is 16.5. The lowest BCUT2D eigenvalue weighted by molar-refractivity contribution is -0.141. The van der Waals surface area contributed by atoms with Crippen LogP contribution in [0.5, 0.6) is 0 Å². The van der Waals surface area contributed by atoms with Crippen molar-refractivity contribution in [1.82, 2.24) is 0 Å². The molecule has 7 atom stereocenters. The van der Waals surface area contributed by atoms with Crippen molar-refractivity contribution in [3.63, 3.8) is 0 Å². The number of allylic oxidation sites excluding steroid dienone is 2. The van der Waals surface area contributed by atoms with Crippen LogP contribution in [-0.4, -0.2) is 45.7 Å². The van der Waals surface area contributed by atoms with E-state index in [1.165, 1.54) is 56.1 Å². The first-order valence-corrected chi connectivity index (χ1v) is 17.0. The van der Waals surface area contributed by atoms with Crippen LogP contribution in [0.2, 0.25) is 0 Å². The van der Waals surface area contributed by atoms with E-state index in [1.807, 2.05) is 6.92 Å². The first kappa shape index (κ1) is 37.9. The normalized spacial score (nSPS) is 24.5. The van der Waals surface area contributed by atoms with Crippen molar-refractivity contribution in [2.75, 3.05) is 6.61 Å². The smallest absolute Gasteiger partial charge is 0.306 e. The SMILES string of the molecule is CCCCCCCCOC1C(CCC(C)CCC/C(C)=C/CCC(C)(O)CCCC(C)C(=O)O)=CC(O)C(C)C1C. The second kappa shape index (κ2) is 20.7. The van der Waals surface area contributed by atoms with E-state index in [0.29, 0.717) is 31.1 Å². The van der Waals surface area contributed by atoms with E-state index in [4.69, 9.17) is 9.84 Å². The topological polar surface area (TPSA) is 87.0 Å². The van der Waals surface area contributed by atoms with Crippen LogP contribution in [0.3, 0.4) is 0 Å². The monoisotopic (exact) mass is 578 g/mol. The summed E-state index contributed by atoms with van der Waals surface area (Å²) in [6, 6.07) is 0. The molecule has 0 bridgehead atoms. The zero-order valence-corrected chi connectivity index (χ0v) is 27.8. The van der Waals surface area contributed by atoms with Gasteiger partial charge in [-0.15, -0.1) is 0 Å². The Hall–Kier alpha value is -1.17. The molecule has 3 N–H and O–H groups in total. The molecule has 1 rings (SSSR count). The van der Waals surface area contributed by atoms with Crippen molar-refractivity contribution in [1.29, 1.82) is 0 Å². The van der Waals surface area contributed by atoms with Gasteiger partial charge in [0, 0.05) is 6.61 Å². The lowest BCUT2D eigenvalue weighted by Crippen LogP contribution is -2.39. The molecule has 0 spiro atoms. The summed E-state index contributed by atoms with van der Waals surface area (Å²) in [6.45, 7) is 15.6. The van der Waals surface area contributed by atoms with Crippen molar-refractivity contribution in [3.05, 3.63) is 23.3 Å². The van der Waals surface area contributed by atoms with Gasteiger partial charge in [0.15, 0.2) is 0 Å². The number of aliphatic hydroxyl groups is 2. The molecule has 0 aromatic rings. The van der Waals surface area contributed by atoms with Gasteiger partial charge in [-0.1, -0.05) is 90.9 Å². The third-order valence-electron chi connectivity index (χ3n) is 9.53. The fraction of sp³-hybridized carbons (Fsp3) is 0.861. The Kier molecular flexibility index (Phi) is 19.1. The number of aliphatic carboxylic acids is 1. The number of aliphatic hydroxyl groups excluding tert-OH is 1. The summed E-state index contributed by atoms with van der Waals surface area (Å²) in [6.07, 6.45) is 20.9. The van der Waals surface area contributed by atoms with Gasteiger partial charge >= 0.3 is 5.97 Å². The van der Waals surface area contributed by atoms with E-state index in [9.17, 15) is 15.0 Å². The molecule has 0 heterocycles. The van der Waals surface area contributed by atoms with E-state index in [2.05, 4.69) is 46.8 Å². The van der Waals surface area contributed by atoms with E-state index in [1.54, 1.807) is 6.92 Å². The van der Waals surface area contributed by atoms with Crippen LogP contribution < -0.4 is 0 Å². The van der Waals surface area contributed by atoms with Gasteiger partial charge in [0.25, 0.3) is 0 Å². The van der Waals surface area contributed by atoms with E-state index in [-0.39, 0.29) is 24.0 Å². The van der Waals surface area contributed by atoms with Crippen molar-refractivity contribution in [2.24, 2.45) is 23.7 Å². The molecule has 240 valence electrons. The fourth-order valence-corrected chi connectivity index (χ4v) is 6.02. The molecule has 5 nitrogen and oxygen atoms in total. The Morgan fingerprint density at radius 2 is 1.68 bits per heavy atom. The van der Waals surface area contributed by atoms with Gasteiger partial charge in [0.1, 0.15) is 0 Å². The van der Waals surface area contributed by atoms with Crippen LogP contribution in [-0.2, 0) is 9.53 Å². The minimum Gasteiger partial charge on any atom is -0.481 e. The highest BCUT2D eigenvalue weighted by molar-refractivity contribution is 5.69. The summed E-state index contributed by atoms with van der Waals surface area (Å²) in [5.74, 6) is 0.0811. The maximum Gasteiger partial charge on any atom is 0.306 e. The number of ether oxygens (including phenoxy) is 1. The standard InChI is InChI=1S/C36H66O5/c1-8-9-10-11-12-13-25-41-34-31(6)30(5)33(37)26-32(34)22-21-28(3)18-14-17-27(2)19-15-23-36(7,40)24-16-20-29(4)35(38)39/h19,26,28-31,33-34,37,40H,8-18,20-25H2,1-7H3,(H,38,39)/b27-19+. The molecule has 5 heteroatoms. The van der Waals surface area contributed by atoms with Crippen LogP contribution in [0.4, 0.5) is 0 Å². The van der Waals surface area contributed by atoms with Gasteiger partial charge in [0.2, 0.25) is 0 Å². The minimum atomic E-state index is -0.761. The Morgan fingerprint density at radius 1 is 1.00 bits per heavy atom. The van der Waals surface area contributed by atoms with E-state index >= 15 is 0 Å². The number of carbonyl (C=O) groups is 1. The molecule has 7 unspecified atom stereocenters. The second-order valence-electron chi connectivity index (χ2n) is 13.8. The number of rotatable bonds is 23. The molecule has 1 aliphatic rings. The molecule has 0 saturated carbocycles. The van der Waals surface area contributed by atoms with Crippen molar-refractivity contribution >= 4 is 5.97 Å². The molecule has 0 saturated heterocycles. The Bertz CT molecular complexity index is 770. The Morgan fingerprint density at radius 3 is 2.37 bits per heavy atom. The first-order valence-electron chi connectivity index (χ1n) is 17.0. The van der Waals surface area contributed by atoms with Crippen LogP contribution >= 0.6 is 0 Å². The third kappa shape index (κ3) is 16.3. The van der Waals surface area contributed by atoms with Crippen molar-refractivity contribution in [2.45, 2.75) is 169 Å². The predicted octanol–water partition coefficient (Wildman–Crippen LogP) is 9.26. The molecule has 0 aliphatic heterocycles. The van der Waals surface area contributed by atoms with E-state index in [0.717, 1.165) is 45.1 Å². The molecule has 41 heavy (non-hydrogen) atoms. The predicted molar refractivity (Wildman–Crippen MR) is 172 cm³/mol. The molecule has 1 aliphatic carbocycles. The molecule has 0 radical (unpaired) electrons. The summed E-state index contributed by atoms with van der Waals surface area (Å²) >= 11 is 0. The van der Waals surface area contributed by atoms with Crippen LogP contribution in [0.15, 0.2) is 23.3 Å². The molecular weight excluding hydrogens is 512 g/mol. The zero-order chi connectivity index (χ0) is 30.8. The number of hydrogen-bond donors (Lipinski definition) is 3. The molecule has 0 aromatic carbocycles.